The summed E-state index contributed by atoms with van der Waals surface area (Å²) in [6.45, 7) is 8.00. The average molecular weight is 562 g/mol. The van der Waals surface area contributed by atoms with Crippen molar-refractivity contribution in [3.63, 3.8) is 0 Å². The number of nitrogens with zero attached hydrogens (tertiary/aromatic N) is 5. The van der Waals surface area contributed by atoms with Crippen LogP contribution < -0.4 is 20.4 Å². The summed E-state index contributed by atoms with van der Waals surface area (Å²) in [6, 6.07) is 5.49. The van der Waals surface area contributed by atoms with Gasteiger partial charge < -0.3 is 25.3 Å². The zero-order valence-corrected chi connectivity index (χ0v) is 21.8. The first-order chi connectivity index (χ1) is 14.5. The minimum atomic E-state index is -0.166. The number of benzene rings is 1. The number of likely N-dealkylation sites (N-methyl/N-ethyl adjacent to an activating group) is 1. The highest BCUT2D eigenvalue weighted by atomic mass is 127. The van der Waals surface area contributed by atoms with Gasteiger partial charge in [-0.15, -0.1) is 35.3 Å². The summed E-state index contributed by atoms with van der Waals surface area (Å²) < 4.78 is 14.7. The highest BCUT2D eigenvalue weighted by Gasteiger charge is 2.18. The number of guanidine groups is 1. The summed E-state index contributed by atoms with van der Waals surface area (Å²) in [4.78, 5) is 15.3. The van der Waals surface area contributed by atoms with Gasteiger partial charge in [0.1, 0.15) is 5.82 Å². The monoisotopic (exact) mass is 561 g/mol. The van der Waals surface area contributed by atoms with E-state index in [1.165, 1.54) is 0 Å². The third-order valence-electron chi connectivity index (χ3n) is 5.21. The molecule has 1 aromatic carbocycles. The van der Waals surface area contributed by atoms with Crippen LogP contribution in [0.5, 0.6) is 0 Å². The lowest BCUT2D eigenvalue weighted by Gasteiger charge is -2.35. The van der Waals surface area contributed by atoms with Crippen LogP contribution in [0.25, 0.3) is 0 Å². The van der Waals surface area contributed by atoms with E-state index in [1.807, 2.05) is 36.5 Å². The third-order valence-corrected chi connectivity index (χ3v) is 6.27. The van der Waals surface area contributed by atoms with E-state index in [9.17, 15) is 4.39 Å². The van der Waals surface area contributed by atoms with E-state index in [0.29, 0.717) is 24.7 Å². The fourth-order valence-corrected chi connectivity index (χ4v) is 4.14. The topological polar surface area (TPSA) is 59.0 Å². The molecule has 172 valence electrons. The molecule has 0 atom stereocenters. The van der Waals surface area contributed by atoms with Gasteiger partial charge in [-0.2, -0.15) is 0 Å². The van der Waals surface area contributed by atoms with Gasteiger partial charge in [0.25, 0.3) is 0 Å². The summed E-state index contributed by atoms with van der Waals surface area (Å²) in [5.41, 5.74) is 2.54. The number of rotatable bonds is 7. The van der Waals surface area contributed by atoms with Crippen molar-refractivity contribution in [3.05, 3.63) is 40.7 Å². The number of halogens is 2. The molecule has 31 heavy (non-hydrogen) atoms. The molecular weight excluding hydrogens is 528 g/mol. The fourth-order valence-electron chi connectivity index (χ4n) is 3.39. The van der Waals surface area contributed by atoms with E-state index in [2.05, 4.69) is 37.3 Å². The van der Waals surface area contributed by atoms with E-state index in [4.69, 9.17) is 0 Å². The minimum absolute atomic E-state index is 0. The highest BCUT2D eigenvalue weighted by Crippen LogP contribution is 2.22. The van der Waals surface area contributed by atoms with E-state index in [-0.39, 0.29) is 29.8 Å². The number of hydrogen-bond acceptors (Lipinski definition) is 6. The molecule has 0 aliphatic carbocycles. The molecular formula is C21H33FIN7S. The molecule has 7 nitrogen and oxygen atoms in total. The third kappa shape index (κ3) is 7.18. The maximum absolute atomic E-state index is 14.7. The van der Waals surface area contributed by atoms with Gasteiger partial charge >= 0.3 is 0 Å². The van der Waals surface area contributed by atoms with Crippen LogP contribution in [0.1, 0.15) is 18.2 Å². The number of anilines is 2. The predicted molar refractivity (Wildman–Crippen MR) is 140 cm³/mol. The van der Waals surface area contributed by atoms with Crippen molar-refractivity contribution in [2.75, 3.05) is 63.7 Å². The second kappa shape index (κ2) is 12.4. The summed E-state index contributed by atoms with van der Waals surface area (Å²) in [5.74, 6) is 0.496. The van der Waals surface area contributed by atoms with Gasteiger partial charge in [-0.05, 0) is 24.2 Å². The number of aliphatic imine (C=N–C) groups is 1. The van der Waals surface area contributed by atoms with Crippen molar-refractivity contribution in [2.45, 2.75) is 20.0 Å². The Morgan fingerprint density at radius 2 is 1.90 bits per heavy atom. The second-order valence-electron chi connectivity index (χ2n) is 7.50. The van der Waals surface area contributed by atoms with Crippen molar-refractivity contribution in [2.24, 2.45) is 4.99 Å². The normalized spacial score (nSPS) is 14.9. The summed E-state index contributed by atoms with van der Waals surface area (Å²) in [5, 5.41) is 9.50. The Balaban J connectivity index is 0.00000341. The van der Waals surface area contributed by atoms with Crippen molar-refractivity contribution >= 4 is 52.1 Å². The molecule has 3 rings (SSSR count). The van der Waals surface area contributed by atoms with Crippen molar-refractivity contribution in [1.82, 2.24) is 20.5 Å². The Morgan fingerprint density at radius 3 is 2.48 bits per heavy atom. The van der Waals surface area contributed by atoms with Gasteiger partial charge in [0.15, 0.2) is 11.1 Å². The Morgan fingerprint density at radius 1 is 1.19 bits per heavy atom. The lowest BCUT2D eigenvalue weighted by molar-refractivity contribution is 0.270. The first-order valence-corrected chi connectivity index (χ1v) is 11.2. The minimum Gasteiger partial charge on any atom is -0.367 e. The maximum Gasteiger partial charge on any atom is 0.191 e. The SMILES string of the molecule is CCN1CCN(c2ccc(CNC(=NC)NCc3csc(N(C)C)n3)cc2F)CC1.I. The Hall–Kier alpha value is -1.66. The lowest BCUT2D eigenvalue weighted by atomic mass is 10.1. The van der Waals surface area contributed by atoms with E-state index < -0.39 is 0 Å². The van der Waals surface area contributed by atoms with Crippen LogP contribution >= 0.6 is 35.3 Å². The van der Waals surface area contributed by atoms with Crippen molar-refractivity contribution < 1.29 is 4.39 Å². The van der Waals surface area contributed by atoms with Crippen LogP contribution in [0.3, 0.4) is 0 Å². The average Bonchev–Trinajstić information content (AvgIpc) is 3.23. The molecule has 1 aliphatic rings. The van der Waals surface area contributed by atoms with Gasteiger partial charge in [-0.1, -0.05) is 13.0 Å². The van der Waals surface area contributed by atoms with Crippen LogP contribution in [0.4, 0.5) is 15.2 Å². The molecule has 2 aromatic rings. The summed E-state index contributed by atoms with van der Waals surface area (Å²) in [6.07, 6.45) is 0. The van der Waals surface area contributed by atoms with Crippen LogP contribution in [0.2, 0.25) is 0 Å². The quantitative estimate of drug-likeness (QED) is 0.308. The zero-order valence-electron chi connectivity index (χ0n) is 18.7. The number of thiazole rings is 1. The lowest BCUT2D eigenvalue weighted by Crippen LogP contribution is -2.46. The van der Waals surface area contributed by atoms with Gasteiger partial charge in [-0.3, -0.25) is 4.99 Å². The second-order valence-corrected chi connectivity index (χ2v) is 8.34. The smallest absolute Gasteiger partial charge is 0.191 e. The number of aromatic nitrogens is 1. The molecule has 0 radical (unpaired) electrons. The van der Waals surface area contributed by atoms with Crippen LogP contribution in [-0.4, -0.2) is 69.7 Å². The Bertz CT molecular complexity index is 850. The molecule has 2 heterocycles. The van der Waals surface area contributed by atoms with Gasteiger partial charge in [0, 0.05) is 59.2 Å². The van der Waals surface area contributed by atoms with Crippen LogP contribution in [0, 0.1) is 5.82 Å². The van der Waals surface area contributed by atoms with E-state index in [1.54, 1.807) is 24.5 Å². The number of nitrogens with one attached hydrogen (secondary N) is 2. The number of hydrogen-bond donors (Lipinski definition) is 2. The molecule has 2 N–H and O–H groups in total. The number of piperazine rings is 1. The molecule has 1 aromatic heterocycles. The van der Waals surface area contributed by atoms with Gasteiger partial charge in [0.05, 0.1) is 17.9 Å². The molecule has 1 saturated heterocycles. The Kier molecular flexibility index (Phi) is 10.2. The largest absolute Gasteiger partial charge is 0.367 e. The molecule has 0 amide bonds. The summed E-state index contributed by atoms with van der Waals surface area (Å²) in [7, 11) is 5.68. The fraction of sp³-hybridized carbons (Fsp3) is 0.524. The Labute approximate surface area is 205 Å². The zero-order chi connectivity index (χ0) is 21.5. The predicted octanol–water partition coefficient (Wildman–Crippen LogP) is 2.97. The maximum atomic E-state index is 14.7. The molecule has 0 saturated carbocycles. The highest BCUT2D eigenvalue weighted by molar-refractivity contribution is 14.0. The molecule has 0 spiro atoms. The molecule has 0 bridgehead atoms. The molecule has 10 heteroatoms. The first kappa shape index (κ1) is 25.6. The van der Waals surface area contributed by atoms with Gasteiger partial charge in [-0.25, -0.2) is 9.37 Å². The molecule has 1 aliphatic heterocycles. The molecule has 0 unspecified atom stereocenters. The van der Waals surface area contributed by atoms with E-state index in [0.717, 1.165) is 49.1 Å². The van der Waals surface area contributed by atoms with Crippen LogP contribution in [0.15, 0.2) is 28.6 Å². The van der Waals surface area contributed by atoms with Gasteiger partial charge in [0.2, 0.25) is 0 Å². The molecule has 1 fully saturated rings. The van der Waals surface area contributed by atoms with Crippen LogP contribution in [-0.2, 0) is 13.1 Å². The van der Waals surface area contributed by atoms with Crippen molar-refractivity contribution in [1.29, 1.82) is 0 Å². The summed E-state index contributed by atoms with van der Waals surface area (Å²) >= 11 is 1.61. The standard InChI is InChI=1S/C21H32FN7S.HI/c1-5-28-8-10-29(11-9-28)19-7-6-16(12-18(19)22)13-24-20(23-2)25-14-17-15-30-21(26-17)27(3)4;/h6-7,12,15H,5,8-11,13-14H2,1-4H3,(H2,23,24,25);1H. The first-order valence-electron chi connectivity index (χ1n) is 10.3. The van der Waals surface area contributed by atoms with Crippen molar-refractivity contribution in [3.8, 4) is 0 Å². The van der Waals surface area contributed by atoms with E-state index >= 15 is 0 Å².